The molecular weight excluding hydrogens is 310 g/mol. The molecule has 0 spiro atoms. The highest BCUT2D eigenvalue weighted by Gasteiger charge is 2.15. The van der Waals surface area contributed by atoms with E-state index in [1.165, 1.54) is 11.3 Å². The highest BCUT2D eigenvalue weighted by Crippen LogP contribution is 2.28. The van der Waals surface area contributed by atoms with Crippen LogP contribution < -0.4 is 10.9 Å². The first-order valence-electron chi connectivity index (χ1n) is 7.40. The number of hydrogen-bond donors (Lipinski definition) is 2. The second kappa shape index (κ2) is 5.96. The van der Waals surface area contributed by atoms with Crippen LogP contribution in [-0.2, 0) is 6.42 Å². The van der Waals surface area contributed by atoms with E-state index in [1.807, 2.05) is 19.9 Å². The van der Waals surface area contributed by atoms with E-state index in [9.17, 15) is 9.59 Å². The number of carbonyl (C=O) groups excluding carboxylic acids is 1. The van der Waals surface area contributed by atoms with Gasteiger partial charge in [0.2, 0.25) is 0 Å². The van der Waals surface area contributed by atoms with Gasteiger partial charge in [0.1, 0.15) is 10.7 Å². The minimum absolute atomic E-state index is 0.128. The van der Waals surface area contributed by atoms with Gasteiger partial charge in [-0.05, 0) is 31.0 Å². The number of hydrogen-bond acceptors (Lipinski definition) is 4. The number of aryl methyl sites for hydroxylation is 2. The highest BCUT2D eigenvalue weighted by molar-refractivity contribution is 7.18. The molecule has 0 saturated carbocycles. The fourth-order valence-corrected chi connectivity index (χ4v) is 3.80. The normalized spacial score (nSPS) is 10.9. The van der Waals surface area contributed by atoms with E-state index in [1.54, 1.807) is 25.2 Å². The number of aromatic nitrogens is 2. The number of fused-ring (bicyclic) bond motifs is 1. The van der Waals surface area contributed by atoms with Crippen molar-refractivity contribution >= 4 is 27.5 Å². The fraction of sp³-hybridized carbons (Fsp3) is 0.235. The van der Waals surface area contributed by atoms with Gasteiger partial charge in [-0.2, -0.15) is 0 Å². The van der Waals surface area contributed by atoms with Crippen LogP contribution in [0.1, 0.15) is 27.7 Å². The minimum Gasteiger partial charge on any atom is -0.355 e. The number of aromatic amines is 1. The van der Waals surface area contributed by atoms with Crippen molar-refractivity contribution in [2.24, 2.45) is 0 Å². The van der Waals surface area contributed by atoms with Crippen LogP contribution in [-0.4, -0.2) is 22.9 Å². The second-order valence-corrected chi connectivity index (χ2v) is 6.45. The van der Waals surface area contributed by atoms with E-state index >= 15 is 0 Å². The first-order chi connectivity index (χ1) is 11.0. The van der Waals surface area contributed by atoms with Gasteiger partial charge in [-0.15, -0.1) is 11.3 Å². The topological polar surface area (TPSA) is 74.8 Å². The summed E-state index contributed by atoms with van der Waals surface area (Å²) in [6, 6.07) is 7.06. The molecule has 23 heavy (non-hydrogen) atoms. The van der Waals surface area contributed by atoms with E-state index in [0.717, 1.165) is 21.7 Å². The Balaban J connectivity index is 2.18. The molecule has 5 nitrogen and oxygen atoms in total. The molecule has 0 atom stereocenters. The molecule has 2 aromatic heterocycles. The maximum atomic E-state index is 12.5. The summed E-state index contributed by atoms with van der Waals surface area (Å²) in [6.45, 7) is 4.05. The van der Waals surface area contributed by atoms with E-state index in [-0.39, 0.29) is 11.5 Å². The largest absolute Gasteiger partial charge is 0.355 e. The number of carbonyl (C=O) groups is 1. The summed E-state index contributed by atoms with van der Waals surface area (Å²) in [5.41, 5.74) is 2.18. The predicted octanol–water partition coefficient (Wildman–Crippen LogP) is 2.88. The first-order valence-corrected chi connectivity index (χ1v) is 8.21. The molecule has 0 unspecified atom stereocenters. The smallest absolute Gasteiger partial charge is 0.260 e. The Bertz CT molecular complexity index is 956. The van der Waals surface area contributed by atoms with E-state index in [4.69, 9.17) is 0 Å². The lowest BCUT2D eigenvalue weighted by Gasteiger charge is -2.04. The van der Waals surface area contributed by atoms with Crippen molar-refractivity contribution in [2.45, 2.75) is 20.3 Å². The van der Waals surface area contributed by atoms with Crippen molar-refractivity contribution < 1.29 is 4.79 Å². The molecule has 3 aromatic rings. The van der Waals surface area contributed by atoms with Gasteiger partial charge in [0.15, 0.2) is 0 Å². The maximum Gasteiger partial charge on any atom is 0.260 e. The third kappa shape index (κ3) is 2.66. The molecule has 0 bridgehead atoms. The summed E-state index contributed by atoms with van der Waals surface area (Å²) in [7, 11) is 1.59. The second-order valence-electron chi connectivity index (χ2n) is 5.24. The van der Waals surface area contributed by atoms with Crippen molar-refractivity contribution in [1.82, 2.24) is 15.3 Å². The molecule has 2 N–H and O–H groups in total. The van der Waals surface area contributed by atoms with Gasteiger partial charge in [-0.3, -0.25) is 9.59 Å². The number of nitrogens with one attached hydrogen (secondary N) is 2. The third-order valence-electron chi connectivity index (χ3n) is 3.84. The molecule has 1 aromatic carbocycles. The van der Waals surface area contributed by atoms with E-state index in [0.29, 0.717) is 22.3 Å². The number of amides is 1. The summed E-state index contributed by atoms with van der Waals surface area (Å²) in [4.78, 5) is 33.5. The van der Waals surface area contributed by atoms with Crippen LogP contribution in [0.25, 0.3) is 21.6 Å². The van der Waals surface area contributed by atoms with E-state index in [2.05, 4.69) is 15.3 Å². The molecule has 2 heterocycles. The number of H-pyrrole nitrogens is 1. The number of nitrogens with zero attached hydrogens (tertiary/aromatic N) is 1. The van der Waals surface area contributed by atoms with Crippen molar-refractivity contribution in [3.8, 4) is 11.4 Å². The van der Waals surface area contributed by atoms with Gasteiger partial charge < -0.3 is 10.3 Å². The summed E-state index contributed by atoms with van der Waals surface area (Å²) in [5.74, 6) is 0.313. The lowest BCUT2D eigenvalue weighted by atomic mass is 10.1. The first kappa shape index (κ1) is 15.4. The number of benzene rings is 1. The Hall–Kier alpha value is -2.47. The Morgan fingerprint density at radius 3 is 2.87 bits per heavy atom. The Morgan fingerprint density at radius 2 is 2.17 bits per heavy atom. The average molecular weight is 327 g/mol. The number of thiophene rings is 1. The zero-order chi connectivity index (χ0) is 16.6. The van der Waals surface area contributed by atoms with Crippen molar-refractivity contribution in [2.75, 3.05) is 7.05 Å². The van der Waals surface area contributed by atoms with Crippen molar-refractivity contribution in [3.05, 3.63) is 50.6 Å². The van der Waals surface area contributed by atoms with Crippen LogP contribution in [0.15, 0.2) is 29.1 Å². The molecule has 3 rings (SSSR count). The predicted molar refractivity (Wildman–Crippen MR) is 93.2 cm³/mol. The van der Waals surface area contributed by atoms with Crippen molar-refractivity contribution in [3.63, 3.8) is 0 Å². The summed E-state index contributed by atoms with van der Waals surface area (Å²) in [6.07, 6.45) is 0.808. The zero-order valence-corrected chi connectivity index (χ0v) is 14.0. The standard InChI is InChI=1S/C17H17N3O2S/c1-4-12-9(2)23-17-13(12)16(22)19-14(20-17)10-6-5-7-11(8-10)15(21)18-3/h5-8H,4H2,1-3H3,(H,18,21)(H,19,20,22). The average Bonchev–Trinajstić information content (AvgIpc) is 2.89. The molecule has 0 saturated heterocycles. The van der Waals surface area contributed by atoms with Gasteiger partial charge in [0.25, 0.3) is 11.5 Å². The summed E-state index contributed by atoms with van der Waals surface area (Å²) < 4.78 is 0. The lowest BCUT2D eigenvalue weighted by molar-refractivity contribution is 0.0963. The molecule has 0 aliphatic heterocycles. The third-order valence-corrected chi connectivity index (χ3v) is 4.88. The van der Waals surface area contributed by atoms with Gasteiger partial charge in [-0.1, -0.05) is 19.1 Å². The molecule has 1 amide bonds. The Morgan fingerprint density at radius 1 is 1.39 bits per heavy atom. The van der Waals surface area contributed by atoms with Gasteiger partial charge in [0, 0.05) is 23.1 Å². The van der Waals surface area contributed by atoms with Crippen LogP contribution in [0.3, 0.4) is 0 Å². The van der Waals surface area contributed by atoms with Gasteiger partial charge in [0.05, 0.1) is 5.39 Å². The molecule has 118 valence electrons. The molecule has 0 aliphatic rings. The Kier molecular flexibility index (Phi) is 4.00. The fourth-order valence-electron chi connectivity index (χ4n) is 2.69. The monoisotopic (exact) mass is 327 g/mol. The van der Waals surface area contributed by atoms with Crippen LogP contribution in [0, 0.1) is 6.92 Å². The van der Waals surface area contributed by atoms with Crippen LogP contribution in [0.4, 0.5) is 0 Å². The minimum atomic E-state index is -0.171. The maximum absolute atomic E-state index is 12.5. The SMILES string of the molecule is CCc1c(C)sc2nc(-c3cccc(C(=O)NC)c3)[nH]c(=O)c12. The summed E-state index contributed by atoms with van der Waals surface area (Å²) >= 11 is 1.53. The molecule has 0 aliphatic carbocycles. The molecule has 0 radical (unpaired) electrons. The van der Waals surface area contributed by atoms with Crippen LogP contribution in [0.2, 0.25) is 0 Å². The van der Waals surface area contributed by atoms with Crippen molar-refractivity contribution in [1.29, 1.82) is 0 Å². The highest BCUT2D eigenvalue weighted by atomic mass is 32.1. The van der Waals surface area contributed by atoms with Crippen LogP contribution >= 0.6 is 11.3 Å². The van der Waals surface area contributed by atoms with Crippen LogP contribution in [0.5, 0.6) is 0 Å². The quantitative estimate of drug-likeness (QED) is 0.777. The molecule has 6 heteroatoms. The van der Waals surface area contributed by atoms with Gasteiger partial charge >= 0.3 is 0 Å². The number of rotatable bonds is 3. The van der Waals surface area contributed by atoms with E-state index < -0.39 is 0 Å². The molecule has 0 fully saturated rings. The lowest BCUT2D eigenvalue weighted by Crippen LogP contribution is -2.17. The summed E-state index contributed by atoms with van der Waals surface area (Å²) in [5, 5.41) is 3.27. The molecular formula is C17H17N3O2S. The zero-order valence-electron chi connectivity index (χ0n) is 13.2. The Labute approximate surface area is 137 Å². The van der Waals surface area contributed by atoms with Gasteiger partial charge in [-0.25, -0.2) is 4.98 Å².